The summed E-state index contributed by atoms with van der Waals surface area (Å²) in [6, 6.07) is 5.44. The molecule has 0 aliphatic rings. The van der Waals surface area contributed by atoms with E-state index >= 15 is 0 Å². The maximum Gasteiger partial charge on any atom is 0.419 e. The molecule has 3 aromatic rings. The maximum absolute atomic E-state index is 13.4. The van der Waals surface area contributed by atoms with E-state index < -0.39 is 36.7 Å². The Hall–Kier alpha value is -5.80. The van der Waals surface area contributed by atoms with Crippen LogP contribution in [0.15, 0.2) is 51.2 Å². The second-order valence-electron chi connectivity index (χ2n) is 9.21. The summed E-state index contributed by atoms with van der Waals surface area (Å²) < 4.78 is 14.5. The third-order valence-electron chi connectivity index (χ3n) is 6.14. The van der Waals surface area contributed by atoms with E-state index in [2.05, 4.69) is 30.8 Å². The molecule has 0 radical (unpaired) electrons. The number of amidine groups is 1. The van der Waals surface area contributed by atoms with Crippen LogP contribution in [0.25, 0.3) is 0 Å². The zero-order valence-electron chi connectivity index (χ0n) is 24.4. The Morgan fingerprint density at radius 2 is 1.98 bits per heavy atom. The Labute approximate surface area is 251 Å². The number of esters is 1. The molecular formula is C28H32N8O8. The molecule has 0 spiro atoms. The highest BCUT2D eigenvalue weighted by Crippen LogP contribution is 2.24. The third-order valence-corrected chi connectivity index (χ3v) is 6.14. The highest BCUT2D eigenvalue weighted by atomic mass is 16.7. The number of anilines is 1. The lowest BCUT2D eigenvalue weighted by Gasteiger charge is -2.20. The first-order valence-electron chi connectivity index (χ1n) is 13.3. The number of imide groups is 1. The zero-order chi connectivity index (χ0) is 32.2. The smallest absolute Gasteiger partial charge is 0.419 e. The molecule has 0 aliphatic carbocycles. The van der Waals surface area contributed by atoms with Gasteiger partial charge in [0.2, 0.25) is 13.2 Å². The predicted molar refractivity (Wildman–Crippen MR) is 157 cm³/mol. The van der Waals surface area contributed by atoms with E-state index in [4.69, 9.17) is 19.7 Å². The highest BCUT2D eigenvalue weighted by molar-refractivity contribution is 6.09. The quantitative estimate of drug-likeness (QED) is 0.0773. The summed E-state index contributed by atoms with van der Waals surface area (Å²) in [6.07, 6.45) is 3.47. The number of H-pyrrole nitrogens is 1. The number of carbonyl (C=O) groups excluding carboxylic acids is 5. The summed E-state index contributed by atoms with van der Waals surface area (Å²) in [7, 11) is 0. The van der Waals surface area contributed by atoms with Gasteiger partial charge in [-0.3, -0.25) is 14.4 Å². The van der Waals surface area contributed by atoms with Crippen LogP contribution in [0.1, 0.15) is 57.8 Å². The van der Waals surface area contributed by atoms with Gasteiger partial charge < -0.3 is 35.3 Å². The van der Waals surface area contributed by atoms with Crippen LogP contribution in [-0.2, 0) is 19.1 Å². The van der Waals surface area contributed by atoms with Crippen molar-refractivity contribution in [2.45, 2.75) is 40.2 Å². The van der Waals surface area contributed by atoms with Gasteiger partial charge in [0.25, 0.3) is 11.8 Å². The van der Waals surface area contributed by atoms with Crippen molar-refractivity contribution in [3.63, 3.8) is 0 Å². The standard InChI is InChI=1S/C28H32N8O8/c1-5-9-36(28(41)43-15-42-27(40)18(4)32-14-37)26(39)20-12-30-23(17(20)3)24(31-13-29)33-21-11-19(7-6-16(21)2)25(38)34-22-8-10-44-35-22/h6-8,10-14,18,30H,5,9,15H2,1-4H3,(H,32,37)(H2,29,31,33)(H,34,35,38). The first-order valence-corrected chi connectivity index (χ1v) is 13.3. The molecule has 0 saturated carbocycles. The Kier molecular flexibility index (Phi) is 11.5. The van der Waals surface area contributed by atoms with Gasteiger partial charge in [-0.15, -0.1) is 0 Å². The van der Waals surface area contributed by atoms with Crippen LogP contribution in [0, 0.1) is 13.8 Å². The third kappa shape index (κ3) is 8.15. The molecule has 0 fully saturated rings. The number of aliphatic imine (C=N–C) groups is 2. The molecule has 5 N–H and O–H groups in total. The van der Waals surface area contributed by atoms with Gasteiger partial charge >= 0.3 is 12.1 Å². The zero-order valence-corrected chi connectivity index (χ0v) is 24.4. The summed E-state index contributed by atoms with van der Waals surface area (Å²) in [6.45, 7) is 5.83. The number of aromatic nitrogens is 2. The van der Waals surface area contributed by atoms with Crippen LogP contribution in [0.5, 0.6) is 0 Å². The van der Waals surface area contributed by atoms with Gasteiger partial charge in [-0.1, -0.05) is 18.1 Å². The number of rotatable bonds is 12. The summed E-state index contributed by atoms with van der Waals surface area (Å²) in [5, 5.41) is 8.49. The number of ether oxygens (including phenoxy) is 2. The van der Waals surface area contributed by atoms with Crippen LogP contribution < -0.4 is 16.4 Å². The summed E-state index contributed by atoms with van der Waals surface area (Å²) in [4.78, 5) is 73.8. The Bertz CT molecular complexity index is 1560. The van der Waals surface area contributed by atoms with Crippen molar-refractivity contribution in [1.82, 2.24) is 20.4 Å². The van der Waals surface area contributed by atoms with Gasteiger partial charge in [-0.05, 0) is 50.5 Å². The number of hydrogen-bond donors (Lipinski definition) is 4. The Morgan fingerprint density at radius 3 is 2.64 bits per heavy atom. The van der Waals surface area contributed by atoms with Crippen LogP contribution in [0.4, 0.5) is 16.3 Å². The molecule has 16 nitrogen and oxygen atoms in total. The summed E-state index contributed by atoms with van der Waals surface area (Å²) >= 11 is 0. The number of amides is 4. The topological polar surface area (TPSA) is 224 Å². The van der Waals surface area contributed by atoms with Crippen LogP contribution in [-0.4, -0.2) is 76.9 Å². The van der Waals surface area contributed by atoms with Crippen LogP contribution in [0.3, 0.4) is 0 Å². The molecular weight excluding hydrogens is 576 g/mol. The molecule has 0 bridgehead atoms. The lowest BCUT2D eigenvalue weighted by molar-refractivity contribution is -0.154. The molecule has 4 amide bonds. The van der Waals surface area contributed by atoms with Crippen molar-refractivity contribution in [3.05, 3.63) is 64.7 Å². The van der Waals surface area contributed by atoms with E-state index in [1.807, 2.05) is 0 Å². The molecule has 232 valence electrons. The number of nitrogens with zero attached hydrogens (tertiary/aromatic N) is 4. The van der Waals surface area contributed by atoms with Gasteiger partial charge in [-0.25, -0.2) is 24.5 Å². The van der Waals surface area contributed by atoms with Crippen LogP contribution >= 0.6 is 0 Å². The van der Waals surface area contributed by atoms with Gasteiger partial charge in [0.1, 0.15) is 12.3 Å². The molecule has 2 aromatic heterocycles. The Balaban J connectivity index is 1.84. The molecule has 1 unspecified atom stereocenters. The molecule has 1 aromatic carbocycles. The predicted octanol–water partition coefficient (Wildman–Crippen LogP) is 2.56. The normalized spacial score (nSPS) is 12.0. The minimum Gasteiger partial charge on any atom is -0.426 e. The number of nitrogens with one attached hydrogen (secondary N) is 3. The second-order valence-corrected chi connectivity index (χ2v) is 9.21. The molecule has 2 heterocycles. The molecule has 1 atom stereocenters. The number of nitrogens with two attached hydrogens (primary N) is 1. The minimum absolute atomic E-state index is 0.0129. The number of aromatic amines is 1. The van der Waals surface area contributed by atoms with E-state index in [9.17, 15) is 24.0 Å². The van der Waals surface area contributed by atoms with Crippen molar-refractivity contribution >= 4 is 54.0 Å². The van der Waals surface area contributed by atoms with E-state index in [1.54, 1.807) is 39.0 Å². The van der Waals surface area contributed by atoms with E-state index in [0.29, 0.717) is 35.3 Å². The van der Waals surface area contributed by atoms with Gasteiger partial charge in [0, 0.05) is 24.4 Å². The molecule has 44 heavy (non-hydrogen) atoms. The second kappa shape index (κ2) is 15.4. The van der Waals surface area contributed by atoms with E-state index in [-0.39, 0.29) is 23.8 Å². The van der Waals surface area contributed by atoms with Gasteiger partial charge in [0.15, 0.2) is 11.7 Å². The summed E-state index contributed by atoms with van der Waals surface area (Å²) in [5.41, 5.74) is 7.90. The SMILES string of the molecule is CCCN(C(=O)OCOC(=O)C(C)NC=O)C(=O)c1c[nH]c(C(N=CN)=Nc2cc(C(=O)Nc3ccon3)ccc2C)c1C. The molecule has 0 saturated heterocycles. The first kappa shape index (κ1) is 32.7. The Morgan fingerprint density at radius 1 is 1.20 bits per heavy atom. The molecule has 3 rings (SSSR count). The highest BCUT2D eigenvalue weighted by Gasteiger charge is 2.28. The average molecular weight is 609 g/mol. The van der Waals surface area contributed by atoms with Crippen molar-refractivity contribution in [2.75, 3.05) is 18.7 Å². The monoisotopic (exact) mass is 608 g/mol. The number of aryl methyl sites for hydroxylation is 1. The van der Waals surface area contributed by atoms with Gasteiger partial charge in [0.05, 0.1) is 23.3 Å². The first-order chi connectivity index (χ1) is 21.1. The maximum atomic E-state index is 13.4. The van der Waals surface area contributed by atoms with E-state index in [1.165, 1.54) is 25.5 Å². The largest absolute Gasteiger partial charge is 0.426 e. The minimum atomic E-state index is -1.03. The lowest BCUT2D eigenvalue weighted by atomic mass is 10.1. The van der Waals surface area contributed by atoms with Crippen molar-refractivity contribution in [3.8, 4) is 0 Å². The fourth-order valence-electron chi connectivity index (χ4n) is 3.78. The lowest BCUT2D eigenvalue weighted by Crippen LogP contribution is -2.39. The molecule has 16 heteroatoms. The summed E-state index contributed by atoms with van der Waals surface area (Å²) in [5.74, 6) is -1.59. The fourth-order valence-corrected chi connectivity index (χ4v) is 3.78. The van der Waals surface area contributed by atoms with Crippen LogP contribution in [0.2, 0.25) is 0 Å². The fraction of sp³-hybridized carbons (Fsp3) is 0.286. The van der Waals surface area contributed by atoms with Crippen molar-refractivity contribution < 1.29 is 38.0 Å². The number of benzene rings is 1. The number of hydrogen-bond acceptors (Lipinski definition) is 10. The van der Waals surface area contributed by atoms with E-state index in [0.717, 1.165) is 16.8 Å². The molecule has 0 aliphatic heterocycles. The number of carbonyl (C=O) groups is 5. The van der Waals surface area contributed by atoms with Crippen molar-refractivity contribution in [2.24, 2.45) is 15.7 Å². The average Bonchev–Trinajstić information content (AvgIpc) is 3.65. The van der Waals surface area contributed by atoms with Gasteiger partial charge in [-0.2, -0.15) is 0 Å². The van der Waals surface area contributed by atoms with Crippen molar-refractivity contribution in [1.29, 1.82) is 0 Å².